The van der Waals surface area contributed by atoms with Gasteiger partial charge in [-0.2, -0.15) is 4.31 Å². The Hall–Kier alpha value is -1.05. The van der Waals surface area contributed by atoms with Crippen LogP contribution in [0.3, 0.4) is 0 Å². The molecule has 1 aliphatic rings. The maximum Gasteiger partial charge on any atom is 0.246 e. The molecule has 2 rings (SSSR count). The van der Waals surface area contributed by atoms with Crippen LogP contribution in [0.2, 0.25) is 0 Å². The van der Waals surface area contributed by atoms with E-state index >= 15 is 0 Å². The van der Waals surface area contributed by atoms with Crippen molar-refractivity contribution < 1.29 is 17.2 Å². The average Bonchev–Trinajstić information content (AvgIpc) is 2.49. The van der Waals surface area contributed by atoms with Crippen LogP contribution in [0.1, 0.15) is 19.8 Å². The number of hydrogen-bond donors (Lipinski definition) is 0. The SMILES string of the molecule is CCN1CCC(N(C)S(=O)(=O)c2cc(F)ccc2F)CC1. The molecular weight excluding hydrogens is 298 g/mol. The summed E-state index contributed by atoms with van der Waals surface area (Å²) >= 11 is 0. The highest BCUT2D eigenvalue weighted by Crippen LogP contribution is 2.25. The predicted octanol–water partition coefficient (Wildman–Crippen LogP) is 2.07. The van der Waals surface area contributed by atoms with Crippen LogP contribution in [-0.2, 0) is 10.0 Å². The van der Waals surface area contributed by atoms with Crippen molar-refractivity contribution in [2.45, 2.75) is 30.7 Å². The van der Waals surface area contributed by atoms with E-state index in [1.165, 1.54) is 11.4 Å². The van der Waals surface area contributed by atoms with Gasteiger partial charge in [0.25, 0.3) is 0 Å². The zero-order chi connectivity index (χ0) is 15.6. The molecule has 1 aromatic rings. The zero-order valence-electron chi connectivity index (χ0n) is 12.2. The maximum absolute atomic E-state index is 13.7. The fourth-order valence-corrected chi connectivity index (χ4v) is 4.11. The number of nitrogens with zero attached hydrogens (tertiary/aromatic N) is 2. The van der Waals surface area contributed by atoms with Gasteiger partial charge in [-0.15, -0.1) is 0 Å². The third kappa shape index (κ3) is 3.41. The summed E-state index contributed by atoms with van der Waals surface area (Å²) in [5, 5.41) is 0. The topological polar surface area (TPSA) is 40.6 Å². The molecule has 0 spiro atoms. The Bertz CT molecular complexity index is 599. The zero-order valence-corrected chi connectivity index (χ0v) is 13.0. The number of sulfonamides is 1. The summed E-state index contributed by atoms with van der Waals surface area (Å²) in [4.78, 5) is 1.64. The van der Waals surface area contributed by atoms with Crippen molar-refractivity contribution in [3.8, 4) is 0 Å². The summed E-state index contributed by atoms with van der Waals surface area (Å²) in [6.45, 7) is 4.62. The molecule has 21 heavy (non-hydrogen) atoms. The first kappa shape index (κ1) is 16.3. The van der Waals surface area contributed by atoms with Crippen LogP contribution in [-0.4, -0.2) is 50.3 Å². The monoisotopic (exact) mass is 318 g/mol. The lowest BCUT2D eigenvalue weighted by molar-refractivity contribution is 0.176. The Labute approximate surface area is 124 Å². The molecule has 1 heterocycles. The molecule has 7 heteroatoms. The van der Waals surface area contributed by atoms with Gasteiger partial charge in [0.15, 0.2) is 0 Å². The third-order valence-corrected chi connectivity index (χ3v) is 5.99. The molecule has 0 aliphatic carbocycles. The van der Waals surface area contributed by atoms with Gasteiger partial charge in [-0.25, -0.2) is 17.2 Å². The molecule has 4 nitrogen and oxygen atoms in total. The van der Waals surface area contributed by atoms with Crippen LogP contribution in [0.15, 0.2) is 23.1 Å². The van der Waals surface area contributed by atoms with Gasteiger partial charge < -0.3 is 4.90 Å². The molecule has 0 unspecified atom stereocenters. The number of rotatable bonds is 4. The van der Waals surface area contributed by atoms with E-state index in [9.17, 15) is 17.2 Å². The molecular formula is C14H20F2N2O2S. The molecule has 0 radical (unpaired) electrons. The van der Waals surface area contributed by atoms with Gasteiger partial charge in [0, 0.05) is 13.1 Å². The van der Waals surface area contributed by atoms with Crippen LogP contribution in [0.4, 0.5) is 8.78 Å². The van der Waals surface area contributed by atoms with Crippen LogP contribution >= 0.6 is 0 Å². The van der Waals surface area contributed by atoms with E-state index in [1.54, 1.807) is 0 Å². The smallest absolute Gasteiger partial charge is 0.246 e. The fraction of sp³-hybridized carbons (Fsp3) is 0.571. The normalized spacial score (nSPS) is 18.3. The summed E-state index contributed by atoms with van der Waals surface area (Å²) in [6, 6.07) is 2.31. The van der Waals surface area contributed by atoms with E-state index < -0.39 is 26.6 Å². The van der Waals surface area contributed by atoms with Crippen LogP contribution in [0.5, 0.6) is 0 Å². The fourth-order valence-electron chi connectivity index (χ4n) is 2.63. The number of benzene rings is 1. The van der Waals surface area contributed by atoms with Crippen molar-refractivity contribution in [1.29, 1.82) is 0 Å². The van der Waals surface area contributed by atoms with Crippen LogP contribution in [0.25, 0.3) is 0 Å². The lowest BCUT2D eigenvalue weighted by Gasteiger charge is -2.35. The number of halogens is 2. The molecule has 118 valence electrons. The van der Waals surface area contributed by atoms with Crippen LogP contribution < -0.4 is 0 Å². The first-order valence-corrected chi connectivity index (χ1v) is 8.45. The Morgan fingerprint density at radius 1 is 1.29 bits per heavy atom. The predicted molar refractivity (Wildman–Crippen MR) is 76.4 cm³/mol. The minimum Gasteiger partial charge on any atom is -0.303 e. The van der Waals surface area contributed by atoms with Crippen molar-refractivity contribution in [2.24, 2.45) is 0 Å². The molecule has 1 aromatic carbocycles. The van der Waals surface area contributed by atoms with E-state index in [0.717, 1.165) is 37.8 Å². The molecule has 0 amide bonds. The summed E-state index contributed by atoms with van der Waals surface area (Å²) < 4.78 is 53.1. The highest BCUT2D eigenvalue weighted by Gasteiger charge is 2.32. The number of piperidine rings is 1. The number of likely N-dealkylation sites (tertiary alicyclic amines) is 1. The summed E-state index contributed by atoms with van der Waals surface area (Å²) in [7, 11) is -2.58. The van der Waals surface area contributed by atoms with E-state index in [0.29, 0.717) is 12.8 Å². The Morgan fingerprint density at radius 2 is 1.90 bits per heavy atom. The second-order valence-corrected chi connectivity index (χ2v) is 7.23. The van der Waals surface area contributed by atoms with E-state index in [2.05, 4.69) is 11.8 Å². The minimum atomic E-state index is -4.02. The van der Waals surface area contributed by atoms with Gasteiger partial charge in [-0.3, -0.25) is 0 Å². The highest BCUT2D eigenvalue weighted by atomic mass is 32.2. The average molecular weight is 318 g/mol. The van der Waals surface area contributed by atoms with Gasteiger partial charge in [0.2, 0.25) is 10.0 Å². The van der Waals surface area contributed by atoms with Crippen LogP contribution in [0, 0.1) is 11.6 Å². The largest absolute Gasteiger partial charge is 0.303 e. The molecule has 1 fully saturated rings. The van der Waals surface area contributed by atoms with Crippen molar-refractivity contribution in [3.63, 3.8) is 0 Å². The van der Waals surface area contributed by atoms with Gasteiger partial charge in [0.05, 0.1) is 0 Å². The summed E-state index contributed by atoms with van der Waals surface area (Å²) in [6.07, 6.45) is 1.39. The lowest BCUT2D eigenvalue weighted by Crippen LogP contribution is -2.45. The van der Waals surface area contributed by atoms with Crippen molar-refractivity contribution >= 4 is 10.0 Å². The molecule has 0 saturated carbocycles. The summed E-state index contributed by atoms with van der Waals surface area (Å²) in [5.74, 6) is -1.68. The Kier molecular flexibility index (Phi) is 4.95. The first-order chi connectivity index (χ1) is 9.86. The van der Waals surface area contributed by atoms with Crippen molar-refractivity contribution in [1.82, 2.24) is 9.21 Å². The van der Waals surface area contributed by atoms with E-state index in [-0.39, 0.29) is 6.04 Å². The Balaban J connectivity index is 2.21. The third-order valence-electron chi connectivity index (χ3n) is 4.07. The van der Waals surface area contributed by atoms with Gasteiger partial charge in [-0.1, -0.05) is 6.92 Å². The molecule has 0 atom stereocenters. The second-order valence-electron chi connectivity index (χ2n) is 5.26. The summed E-state index contributed by atoms with van der Waals surface area (Å²) in [5.41, 5.74) is 0. The van der Waals surface area contributed by atoms with Gasteiger partial charge in [0.1, 0.15) is 16.5 Å². The molecule has 1 aliphatic heterocycles. The Morgan fingerprint density at radius 3 is 2.48 bits per heavy atom. The molecule has 0 aromatic heterocycles. The standard InChI is InChI=1S/C14H20F2N2O2S/c1-3-18-8-6-12(7-9-18)17(2)21(19,20)14-10-11(15)4-5-13(14)16/h4-5,10,12H,3,6-9H2,1-2H3. The molecule has 0 bridgehead atoms. The first-order valence-electron chi connectivity index (χ1n) is 7.01. The number of hydrogen-bond acceptors (Lipinski definition) is 3. The van der Waals surface area contributed by atoms with Gasteiger partial charge >= 0.3 is 0 Å². The molecule has 0 N–H and O–H groups in total. The molecule has 1 saturated heterocycles. The van der Waals surface area contributed by atoms with Gasteiger partial charge in [-0.05, 0) is 50.7 Å². The maximum atomic E-state index is 13.7. The second kappa shape index (κ2) is 6.37. The van der Waals surface area contributed by atoms with E-state index in [1.807, 2.05) is 0 Å². The van der Waals surface area contributed by atoms with Crippen molar-refractivity contribution in [3.05, 3.63) is 29.8 Å². The van der Waals surface area contributed by atoms with E-state index in [4.69, 9.17) is 0 Å². The minimum absolute atomic E-state index is 0.180. The van der Waals surface area contributed by atoms with Crippen molar-refractivity contribution in [2.75, 3.05) is 26.7 Å². The quantitative estimate of drug-likeness (QED) is 0.853. The lowest BCUT2D eigenvalue weighted by atomic mass is 10.1. The highest BCUT2D eigenvalue weighted by molar-refractivity contribution is 7.89.